The molecule has 8 heteroatoms. The zero-order valence-corrected chi connectivity index (χ0v) is 17.0. The fourth-order valence-corrected chi connectivity index (χ4v) is 3.49. The number of amides is 1. The van der Waals surface area contributed by atoms with Crippen molar-refractivity contribution in [3.8, 4) is 17.1 Å². The van der Waals surface area contributed by atoms with Gasteiger partial charge in [0.1, 0.15) is 5.75 Å². The van der Waals surface area contributed by atoms with E-state index in [-0.39, 0.29) is 5.91 Å². The molecule has 1 saturated heterocycles. The van der Waals surface area contributed by atoms with Crippen LogP contribution in [-0.2, 0) is 17.8 Å². The van der Waals surface area contributed by atoms with Gasteiger partial charge in [0, 0.05) is 63.5 Å². The molecular formula is C22H25N5O3. The number of carbonyl (C=O) groups is 1. The summed E-state index contributed by atoms with van der Waals surface area (Å²) in [5.41, 5.74) is 2.04. The average Bonchev–Trinajstić information content (AvgIpc) is 3.28. The van der Waals surface area contributed by atoms with Crippen LogP contribution in [0.25, 0.3) is 11.4 Å². The van der Waals surface area contributed by atoms with Crippen LogP contribution in [0, 0.1) is 0 Å². The quantitative estimate of drug-likeness (QED) is 0.595. The highest BCUT2D eigenvalue weighted by Crippen LogP contribution is 2.20. The van der Waals surface area contributed by atoms with E-state index >= 15 is 0 Å². The third kappa shape index (κ3) is 5.01. The van der Waals surface area contributed by atoms with E-state index in [1.54, 1.807) is 13.3 Å². The highest BCUT2D eigenvalue weighted by Gasteiger charge is 2.21. The maximum atomic E-state index is 12.6. The van der Waals surface area contributed by atoms with Crippen LogP contribution in [0.1, 0.15) is 17.9 Å². The van der Waals surface area contributed by atoms with Gasteiger partial charge in [-0.25, -0.2) is 0 Å². The number of hydrogen-bond acceptors (Lipinski definition) is 7. The second-order valence-corrected chi connectivity index (χ2v) is 7.26. The number of aryl methyl sites for hydroxylation is 1. The lowest BCUT2D eigenvalue weighted by atomic mass is 10.2. The number of methoxy groups -OCH3 is 1. The molecule has 0 N–H and O–H groups in total. The molecule has 4 rings (SSSR count). The van der Waals surface area contributed by atoms with Crippen molar-refractivity contribution in [2.75, 3.05) is 33.3 Å². The van der Waals surface area contributed by atoms with Crippen LogP contribution < -0.4 is 4.74 Å². The summed E-state index contributed by atoms with van der Waals surface area (Å²) in [4.78, 5) is 25.4. The second-order valence-electron chi connectivity index (χ2n) is 7.26. The van der Waals surface area contributed by atoms with Crippen LogP contribution >= 0.6 is 0 Å². The Labute approximate surface area is 175 Å². The van der Waals surface area contributed by atoms with Crippen LogP contribution in [0.5, 0.6) is 5.75 Å². The van der Waals surface area contributed by atoms with Gasteiger partial charge in [0.25, 0.3) is 0 Å². The second kappa shape index (κ2) is 9.49. The number of nitrogens with zero attached hydrogens (tertiary/aromatic N) is 5. The molecule has 3 aromatic rings. The van der Waals surface area contributed by atoms with E-state index in [2.05, 4.69) is 26.1 Å². The van der Waals surface area contributed by atoms with Crippen molar-refractivity contribution in [2.24, 2.45) is 0 Å². The number of hydrogen-bond donors (Lipinski definition) is 0. The molecule has 0 saturated carbocycles. The standard InChI is InChI=1S/C22H25N5O3/c1-29-19-6-4-18(5-7-19)22-24-20(30-25-22)8-9-21(28)27-13-11-26(12-14-27)16-17-3-2-10-23-15-17/h2-7,10,15H,8-9,11-14,16H2,1H3. The number of aromatic nitrogens is 3. The number of piperazine rings is 1. The summed E-state index contributed by atoms with van der Waals surface area (Å²) in [6, 6.07) is 11.5. The minimum atomic E-state index is 0.125. The van der Waals surface area contributed by atoms with Gasteiger partial charge in [-0.2, -0.15) is 4.98 Å². The first kappa shape index (κ1) is 20.0. The third-order valence-corrected chi connectivity index (χ3v) is 5.22. The normalized spacial score (nSPS) is 14.6. The molecule has 1 aromatic carbocycles. The lowest BCUT2D eigenvalue weighted by Gasteiger charge is -2.34. The van der Waals surface area contributed by atoms with Crippen LogP contribution in [0.2, 0.25) is 0 Å². The van der Waals surface area contributed by atoms with Gasteiger partial charge >= 0.3 is 0 Å². The first-order chi connectivity index (χ1) is 14.7. The zero-order chi connectivity index (χ0) is 20.8. The number of carbonyl (C=O) groups excluding carboxylic acids is 1. The van der Waals surface area contributed by atoms with E-state index in [4.69, 9.17) is 9.26 Å². The van der Waals surface area contributed by atoms with Crippen LogP contribution in [0.3, 0.4) is 0 Å². The number of benzene rings is 1. The molecule has 0 spiro atoms. The molecule has 156 valence electrons. The van der Waals surface area contributed by atoms with Crippen LogP contribution in [0.15, 0.2) is 53.3 Å². The minimum Gasteiger partial charge on any atom is -0.497 e. The van der Waals surface area contributed by atoms with Crippen molar-refractivity contribution >= 4 is 5.91 Å². The van der Waals surface area contributed by atoms with Crippen molar-refractivity contribution in [2.45, 2.75) is 19.4 Å². The molecule has 8 nitrogen and oxygen atoms in total. The Bertz CT molecular complexity index is 950. The fraction of sp³-hybridized carbons (Fsp3) is 0.364. The van der Waals surface area contributed by atoms with Crippen molar-refractivity contribution in [3.63, 3.8) is 0 Å². The molecule has 0 unspecified atom stereocenters. The van der Waals surface area contributed by atoms with E-state index in [1.165, 1.54) is 5.56 Å². The third-order valence-electron chi connectivity index (χ3n) is 5.22. The van der Waals surface area contributed by atoms with Crippen molar-refractivity contribution in [1.29, 1.82) is 0 Å². The molecule has 1 amide bonds. The Kier molecular flexibility index (Phi) is 6.34. The summed E-state index contributed by atoms with van der Waals surface area (Å²) >= 11 is 0. The topological polar surface area (TPSA) is 84.6 Å². The maximum Gasteiger partial charge on any atom is 0.227 e. The molecule has 0 bridgehead atoms. The average molecular weight is 407 g/mol. The number of pyridine rings is 1. The van der Waals surface area contributed by atoms with E-state index in [9.17, 15) is 4.79 Å². The Hall–Kier alpha value is -3.26. The van der Waals surface area contributed by atoms with Gasteiger partial charge in [-0.05, 0) is 35.9 Å². The fourth-order valence-electron chi connectivity index (χ4n) is 3.49. The van der Waals surface area contributed by atoms with Gasteiger partial charge in [-0.3, -0.25) is 14.7 Å². The molecular weight excluding hydrogens is 382 g/mol. The Balaban J connectivity index is 1.24. The summed E-state index contributed by atoms with van der Waals surface area (Å²) in [7, 11) is 1.62. The number of rotatable bonds is 7. The minimum absolute atomic E-state index is 0.125. The molecule has 0 atom stereocenters. The van der Waals surface area contributed by atoms with Gasteiger partial charge < -0.3 is 14.2 Å². The number of ether oxygens (including phenoxy) is 1. The SMILES string of the molecule is COc1ccc(-c2noc(CCC(=O)N3CCN(Cc4cccnc4)CC3)n2)cc1. The summed E-state index contributed by atoms with van der Waals surface area (Å²) in [6.07, 6.45) is 4.48. The lowest BCUT2D eigenvalue weighted by Crippen LogP contribution is -2.48. The predicted octanol–water partition coefficient (Wildman–Crippen LogP) is 2.42. The van der Waals surface area contributed by atoms with Crippen molar-refractivity contribution in [1.82, 2.24) is 24.9 Å². The highest BCUT2D eigenvalue weighted by molar-refractivity contribution is 5.76. The molecule has 1 aliphatic rings. The zero-order valence-electron chi connectivity index (χ0n) is 17.0. The smallest absolute Gasteiger partial charge is 0.227 e. The first-order valence-corrected chi connectivity index (χ1v) is 10.1. The maximum absolute atomic E-state index is 12.6. The summed E-state index contributed by atoms with van der Waals surface area (Å²) < 4.78 is 10.5. The lowest BCUT2D eigenvalue weighted by molar-refractivity contribution is -0.133. The summed E-state index contributed by atoms with van der Waals surface area (Å²) in [5.74, 6) is 1.89. The molecule has 1 fully saturated rings. The van der Waals surface area contributed by atoms with Gasteiger partial charge in [-0.1, -0.05) is 11.2 Å². The molecule has 1 aliphatic heterocycles. The van der Waals surface area contributed by atoms with Crippen LogP contribution in [-0.4, -0.2) is 64.1 Å². The molecule has 3 heterocycles. The van der Waals surface area contributed by atoms with E-state index in [0.29, 0.717) is 24.6 Å². The largest absolute Gasteiger partial charge is 0.497 e. The summed E-state index contributed by atoms with van der Waals surface area (Å²) in [6.45, 7) is 4.07. The van der Waals surface area contributed by atoms with Crippen LogP contribution in [0.4, 0.5) is 0 Å². The molecule has 30 heavy (non-hydrogen) atoms. The van der Waals surface area contributed by atoms with Crippen molar-refractivity contribution < 1.29 is 14.1 Å². The molecule has 0 aliphatic carbocycles. The van der Waals surface area contributed by atoms with Gasteiger partial charge in [0.05, 0.1) is 7.11 Å². The molecule has 0 radical (unpaired) electrons. The molecule has 2 aromatic heterocycles. The first-order valence-electron chi connectivity index (χ1n) is 10.1. The van der Waals surface area contributed by atoms with Gasteiger partial charge in [0.15, 0.2) is 0 Å². The van der Waals surface area contributed by atoms with E-state index in [0.717, 1.165) is 44.0 Å². The Morgan fingerprint density at radius 1 is 1.13 bits per heavy atom. The summed E-state index contributed by atoms with van der Waals surface area (Å²) in [5, 5.41) is 4.02. The highest BCUT2D eigenvalue weighted by atomic mass is 16.5. The van der Waals surface area contributed by atoms with Gasteiger partial charge in [0.2, 0.25) is 17.6 Å². The van der Waals surface area contributed by atoms with Crippen molar-refractivity contribution in [3.05, 3.63) is 60.2 Å². The van der Waals surface area contributed by atoms with E-state index < -0.39 is 0 Å². The Morgan fingerprint density at radius 2 is 1.93 bits per heavy atom. The Morgan fingerprint density at radius 3 is 2.63 bits per heavy atom. The van der Waals surface area contributed by atoms with E-state index in [1.807, 2.05) is 41.4 Å². The predicted molar refractivity (Wildman–Crippen MR) is 111 cm³/mol. The van der Waals surface area contributed by atoms with Gasteiger partial charge in [-0.15, -0.1) is 0 Å². The monoisotopic (exact) mass is 407 g/mol.